The van der Waals surface area contributed by atoms with Crippen molar-refractivity contribution in [2.24, 2.45) is 0 Å². The number of benzene rings is 2. The zero-order chi connectivity index (χ0) is 17.1. The van der Waals surface area contributed by atoms with Crippen molar-refractivity contribution in [3.05, 3.63) is 54.6 Å². The SMILES string of the molecule is CCCOc1c(-c2ccccc2)nc2ccccc2c1N1CCCC1. The van der Waals surface area contributed by atoms with Crippen LogP contribution in [-0.2, 0) is 0 Å². The largest absolute Gasteiger partial charge is 0.489 e. The molecule has 0 aliphatic carbocycles. The minimum Gasteiger partial charge on any atom is -0.489 e. The van der Waals surface area contributed by atoms with E-state index in [2.05, 4.69) is 60.4 Å². The maximum absolute atomic E-state index is 6.29. The Balaban J connectivity index is 1.99. The molecule has 0 saturated carbocycles. The molecule has 25 heavy (non-hydrogen) atoms. The second-order valence-electron chi connectivity index (χ2n) is 6.56. The van der Waals surface area contributed by atoms with E-state index in [1.54, 1.807) is 0 Å². The van der Waals surface area contributed by atoms with Crippen LogP contribution in [0.15, 0.2) is 54.6 Å². The van der Waals surface area contributed by atoms with Crippen molar-refractivity contribution < 1.29 is 4.74 Å². The molecular formula is C22H24N2O. The number of hydrogen-bond acceptors (Lipinski definition) is 3. The summed E-state index contributed by atoms with van der Waals surface area (Å²) < 4.78 is 6.29. The smallest absolute Gasteiger partial charge is 0.169 e. The number of rotatable bonds is 5. The van der Waals surface area contributed by atoms with Crippen LogP contribution in [0.3, 0.4) is 0 Å². The van der Waals surface area contributed by atoms with Gasteiger partial charge in [-0.2, -0.15) is 0 Å². The Morgan fingerprint density at radius 2 is 1.68 bits per heavy atom. The Morgan fingerprint density at radius 1 is 0.960 bits per heavy atom. The van der Waals surface area contributed by atoms with E-state index in [4.69, 9.17) is 9.72 Å². The van der Waals surface area contributed by atoms with Crippen LogP contribution in [0, 0.1) is 0 Å². The molecule has 2 aromatic carbocycles. The van der Waals surface area contributed by atoms with E-state index in [0.29, 0.717) is 6.61 Å². The molecule has 0 N–H and O–H groups in total. The van der Waals surface area contributed by atoms with Crippen molar-refractivity contribution in [2.75, 3.05) is 24.6 Å². The Hall–Kier alpha value is -2.55. The number of pyridine rings is 1. The molecule has 1 aliphatic rings. The third-order valence-electron chi connectivity index (χ3n) is 4.74. The topological polar surface area (TPSA) is 25.4 Å². The van der Waals surface area contributed by atoms with Gasteiger partial charge in [-0.15, -0.1) is 0 Å². The molecule has 2 heterocycles. The molecule has 128 valence electrons. The predicted molar refractivity (Wildman–Crippen MR) is 104 cm³/mol. The van der Waals surface area contributed by atoms with Gasteiger partial charge in [-0.25, -0.2) is 4.98 Å². The average Bonchev–Trinajstić information content (AvgIpc) is 3.20. The summed E-state index contributed by atoms with van der Waals surface area (Å²) in [4.78, 5) is 7.45. The Labute approximate surface area is 149 Å². The minimum atomic E-state index is 0.709. The second-order valence-corrected chi connectivity index (χ2v) is 6.56. The molecule has 0 spiro atoms. The molecule has 3 heteroatoms. The van der Waals surface area contributed by atoms with Gasteiger partial charge in [-0.05, 0) is 25.3 Å². The van der Waals surface area contributed by atoms with E-state index in [9.17, 15) is 0 Å². The maximum atomic E-state index is 6.29. The van der Waals surface area contributed by atoms with Crippen molar-refractivity contribution in [2.45, 2.75) is 26.2 Å². The number of aromatic nitrogens is 1. The highest BCUT2D eigenvalue weighted by Crippen LogP contribution is 2.43. The highest BCUT2D eigenvalue weighted by atomic mass is 16.5. The van der Waals surface area contributed by atoms with Crippen LogP contribution in [-0.4, -0.2) is 24.7 Å². The van der Waals surface area contributed by atoms with Gasteiger partial charge in [0.25, 0.3) is 0 Å². The van der Waals surface area contributed by atoms with Crippen LogP contribution in [0.5, 0.6) is 5.75 Å². The molecule has 0 amide bonds. The molecule has 0 atom stereocenters. The van der Waals surface area contributed by atoms with E-state index in [1.807, 2.05) is 6.07 Å². The lowest BCUT2D eigenvalue weighted by Gasteiger charge is -2.25. The molecule has 1 aliphatic heterocycles. The van der Waals surface area contributed by atoms with Gasteiger partial charge in [0.2, 0.25) is 0 Å². The lowest BCUT2D eigenvalue weighted by atomic mass is 10.1. The van der Waals surface area contributed by atoms with Crippen molar-refractivity contribution in [3.8, 4) is 17.0 Å². The zero-order valence-electron chi connectivity index (χ0n) is 14.7. The van der Waals surface area contributed by atoms with Gasteiger partial charge in [0, 0.05) is 24.0 Å². The van der Waals surface area contributed by atoms with E-state index in [1.165, 1.54) is 23.9 Å². The molecule has 0 bridgehead atoms. The van der Waals surface area contributed by atoms with Crippen molar-refractivity contribution in [1.29, 1.82) is 0 Å². The molecule has 3 nitrogen and oxygen atoms in total. The lowest BCUT2D eigenvalue weighted by molar-refractivity contribution is 0.318. The van der Waals surface area contributed by atoms with E-state index >= 15 is 0 Å². The number of anilines is 1. The Morgan fingerprint density at radius 3 is 2.44 bits per heavy atom. The molecule has 0 unspecified atom stereocenters. The average molecular weight is 332 g/mol. The van der Waals surface area contributed by atoms with Gasteiger partial charge in [-0.1, -0.05) is 55.5 Å². The van der Waals surface area contributed by atoms with E-state index < -0.39 is 0 Å². The molecule has 1 aromatic heterocycles. The van der Waals surface area contributed by atoms with Crippen molar-refractivity contribution >= 4 is 16.6 Å². The summed E-state index contributed by atoms with van der Waals surface area (Å²) in [5.41, 5.74) is 4.32. The minimum absolute atomic E-state index is 0.709. The van der Waals surface area contributed by atoms with Crippen molar-refractivity contribution in [1.82, 2.24) is 4.98 Å². The standard InChI is InChI=1S/C22H24N2O/c1-2-16-25-22-20(17-10-4-3-5-11-17)23-19-13-7-6-12-18(19)21(22)24-14-8-9-15-24/h3-7,10-13H,2,8-9,14-16H2,1H3. The first kappa shape index (κ1) is 15.9. The maximum Gasteiger partial charge on any atom is 0.169 e. The second kappa shape index (κ2) is 7.14. The summed E-state index contributed by atoms with van der Waals surface area (Å²) in [5, 5.41) is 1.19. The third-order valence-corrected chi connectivity index (χ3v) is 4.74. The van der Waals surface area contributed by atoms with Crippen LogP contribution < -0.4 is 9.64 Å². The first-order valence-corrected chi connectivity index (χ1v) is 9.24. The van der Waals surface area contributed by atoms with Gasteiger partial charge in [0.05, 0.1) is 17.8 Å². The van der Waals surface area contributed by atoms with Gasteiger partial charge >= 0.3 is 0 Å². The summed E-state index contributed by atoms with van der Waals surface area (Å²) in [6.45, 7) is 5.03. The first-order chi connectivity index (χ1) is 12.4. The fraction of sp³-hybridized carbons (Fsp3) is 0.318. The Bertz CT molecular complexity index is 855. The first-order valence-electron chi connectivity index (χ1n) is 9.24. The molecular weight excluding hydrogens is 308 g/mol. The van der Waals surface area contributed by atoms with Gasteiger partial charge in [0.1, 0.15) is 5.69 Å². The van der Waals surface area contributed by atoms with Gasteiger partial charge < -0.3 is 9.64 Å². The quantitative estimate of drug-likeness (QED) is 0.635. The number of ether oxygens (including phenoxy) is 1. The number of hydrogen-bond donors (Lipinski definition) is 0. The van der Waals surface area contributed by atoms with Crippen LogP contribution in [0.4, 0.5) is 5.69 Å². The summed E-state index contributed by atoms with van der Waals surface area (Å²) >= 11 is 0. The van der Waals surface area contributed by atoms with Crippen molar-refractivity contribution in [3.63, 3.8) is 0 Å². The molecule has 4 rings (SSSR count). The normalized spacial score (nSPS) is 14.2. The Kier molecular flexibility index (Phi) is 4.55. The van der Waals surface area contributed by atoms with Crippen LogP contribution in [0.1, 0.15) is 26.2 Å². The van der Waals surface area contributed by atoms with E-state index in [0.717, 1.165) is 42.0 Å². The predicted octanol–water partition coefficient (Wildman–Crippen LogP) is 5.29. The highest BCUT2D eigenvalue weighted by molar-refractivity contribution is 5.99. The summed E-state index contributed by atoms with van der Waals surface area (Å²) in [7, 11) is 0. The fourth-order valence-electron chi connectivity index (χ4n) is 3.56. The summed E-state index contributed by atoms with van der Waals surface area (Å²) in [6.07, 6.45) is 3.47. The number of para-hydroxylation sites is 1. The van der Waals surface area contributed by atoms with E-state index in [-0.39, 0.29) is 0 Å². The van der Waals surface area contributed by atoms with Gasteiger partial charge in [0.15, 0.2) is 5.75 Å². The van der Waals surface area contributed by atoms with Gasteiger partial charge in [-0.3, -0.25) is 0 Å². The highest BCUT2D eigenvalue weighted by Gasteiger charge is 2.24. The summed E-state index contributed by atoms with van der Waals surface area (Å²) in [5.74, 6) is 0.939. The van der Waals surface area contributed by atoms with Crippen LogP contribution >= 0.6 is 0 Å². The number of nitrogens with zero attached hydrogens (tertiary/aromatic N) is 2. The molecule has 1 fully saturated rings. The monoisotopic (exact) mass is 332 g/mol. The molecule has 0 radical (unpaired) electrons. The number of fused-ring (bicyclic) bond motifs is 1. The lowest BCUT2D eigenvalue weighted by Crippen LogP contribution is -2.20. The van der Waals surface area contributed by atoms with Crippen LogP contribution in [0.25, 0.3) is 22.2 Å². The molecule has 3 aromatic rings. The zero-order valence-corrected chi connectivity index (χ0v) is 14.7. The fourth-order valence-corrected chi connectivity index (χ4v) is 3.56. The third kappa shape index (κ3) is 3.07. The molecule has 1 saturated heterocycles. The van der Waals surface area contributed by atoms with Crippen LogP contribution in [0.2, 0.25) is 0 Å². The summed E-state index contributed by atoms with van der Waals surface area (Å²) in [6, 6.07) is 18.8.